The maximum Gasteiger partial charge on any atom is 0.109 e. The summed E-state index contributed by atoms with van der Waals surface area (Å²) in [6, 6.07) is 19.8. The van der Waals surface area contributed by atoms with Crippen molar-refractivity contribution in [3.8, 4) is 21.7 Å². The third-order valence-corrected chi connectivity index (χ3v) is 8.28. The van der Waals surface area contributed by atoms with Gasteiger partial charge in [0, 0.05) is 49.3 Å². The number of aromatic amines is 2. The van der Waals surface area contributed by atoms with Gasteiger partial charge in [0.1, 0.15) is 11.6 Å². The number of nitrogens with zero attached hydrogens (tertiary/aromatic N) is 3. The molecule has 182 valence electrons. The number of pyridine rings is 1. The number of imidazole rings is 2. The zero-order valence-electron chi connectivity index (χ0n) is 21.3. The van der Waals surface area contributed by atoms with Crippen molar-refractivity contribution in [1.29, 1.82) is 0 Å². The van der Waals surface area contributed by atoms with Gasteiger partial charge in [-0.05, 0) is 41.3 Å². The van der Waals surface area contributed by atoms with Gasteiger partial charge in [0.15, 0.2) is 0 Å². The summed E-state index contributed by atoms with van der Waals surface area (Å²) in [7, 11) is 0. The fourth-order valence-corrected chi connectivity index (χ4v) is 6.19. The molecule has 0 unspecified atom stereocenters. The molecule has 0 amide bonds. The maximum absolute atomic E-state index is 4.94. The van der Waals surface area contributed by atoms with E-state index in [-0.39, 0.29) is 0 Å². The summed E-state index contributed by atoms with van der Waals surface area (Å²) in [6.07, 6.45) is 3.81. The first-order valence-corrected chi connectivity index (χ1v) is 13.6. The molecule has 4 heterocycles. The van der Waals surface area contributed by atoms with Crippen LogP contribution in [0.1, 0.15) is 51.2 Å². The third-order valence-electron chi connectivity index (χ3n) is 7.13. The summed E-state index contributed by atoms with van der Waals surface area (Å²) in [5.41, 5.74) is 6.52. The highest BCUT2D eigenvalue weighted by Crippen LogP contribution is 2.39. The highest BCUT2D eigenvalue weighted by atomic mass is 32.1. The van der Waals surface area contributed by atoms with Gasteiger partial charge in [-0.25, -0.2) is 9.97 Å². The zero-order valence-corrected chi connectivity index (χ0v) is 22.1. The Bertz CT molecular complexity index is 1950. The van der Waals surface area contributed by atoms with E-state index in [0.29, 0.717) is 11.8 Å². The number of benzene rings is 3. The highest BCUT2D eigenvalue weighted by Gasteiger charge is 2.16. The minimum atomic E-state index is 0.329. The van der Waals surface area contributed by atoms with Gasteiger partial charge in [0.05, 0.1) is 28.4 Å². The molecule has 0 bridgehead atoms. The van der Waals surface area contributed by atoms with Gasteiger partial charge in [-0.3, -0.25) is 4.98 Å². The van der Waals surface area contributed by atoms with E-state index in [9.17, 15) is 0 Å². The number of aromatic nitrogens is 5. The van der Waals surface area contributed by atoms with Crippen molar-refractivity contribution in [2.45, 2.75) is 39.5 Å². The topological polar surface area (TPSA) is 70.2 Å². The van der Waals surface area contributed by atoms with E-state index >= 15 is 0 Å². The van der Waals surface area contributed by atoms with Crippen LogP contribution in [0.5, 0.6) is 0 Å². The summed E-state index contributed by atoms with van der Waals surface area (Å²) in [5.74, 6) is 2.74. The van der Waals surface area contributed by atoms with Gasteiger partial charge in [0.2, 0.25) is 0 Å². The Labute approximate surface area is 218 Å². The first-order valence-electron chi connectivity index (χ1n) is 12.8. The molecule has 0 aliphatic heterocycles. The molecule has 0 saturated carbocycles. The van der Waals surface area contributed by atoms with Crippen molar-refractivity contribution in [2.75, 3.05) is 0 Å². The molecule has 37 heavy (non-hydrogen) atoms. The number of H-pyrrole nitrogens is 2. The van der Waals surface area contributed by atoms with Crippen LogP contribution in [0.25, 0.3) is 64.5 Å². The Morgan fingerprint density at radius 1 is 0.730 bits per heavy atom. The lowest BCUT2D eigenvalue weighted by atomic mass is 10.0. The zero-order chi connectivity index (χ0) is 25.3. The molecule has 7 rings (SSSR count). The fourth-order valence-electron chi connectivity index (χ4n) is 5.09. The van der Waals surface area contributed by atoms with Gasteiger partial charge >= 0.3 is 0 Å². The van der Waals surface area contributed by atoms with Crippen LogP contribution in [-0.4, -0.2) is 24.9 Å². The van der Waals surface area contributed by atoms with Gasteiger partial charge in [-0.2, -0.15) is 0 Å². The van der Waals surface area contributed by atoms with Crippen molar-refractivity contribution < 1.29 is 0 Å². The average Bonchev–Trinajstić information content (AvgIpc) is 3.66. The molecule has 0 aliphatic carbocycles. The van der Waals surface area contributed by atoms with Crippen LogP contribution in [0.3, 0.4) is 0 Å². The summed E-state index contributed by atoms with van der Waals surface area (Å²) in [4.78, 5) is 22.6. The molecule has 0 saturated heterocycles. The molecular weight excluding hydrogens is 474 g/mol. The number of hydrogen-bond acceptors (Lipinski definition) is 4. The number of fused-ring (bicyclic) bond motifs is 7. The molecular formula is C31H27N5S. The van der Waals surface area contributed by atoms with Crippen LogP contribution in [-0.2, 0) is 0 Å². The second kappa shape index (κ2) is 8.25. The third kappa shape index (κ3) is 3.55. The van der Waals surface area contributed by atoms with Crippen LogP contribution in [0.15, 0.2) is 67.0 Å². The predicted octanol–water partition coefficient (Wildman–Crippen LogP) is 8.78. The first kappa shape index (κ1) is 22.2. The minimum Gasteiger partial charge on any atom is -0.342 e. The van der Waals surface area contributed by atoms with Crippen molar-refractivity contribution >= 4 is 54.1 Å². The Morgan fingerprint density at radius 3 is 2.38 bits per heavy atom. The monoisotopic (exact) mass is 501 g/mol. The molecule has 6 heteroatoms. The Balaban J connectivity index is 1.38. The first-order chi connectivity index (χ1) is 18.0. The normalized spacial score (nSPS) is 12.3. The summed E-state index contributed by atoms with van der Waals surface area (Å²) in [5, 5.41) is 4.65. The number of nitrogens with one attached hydrogen (secondary N) is 2. The highest BCUT2D eigenvalue weighted by molar-refractivity contribution is 7.22. The summed E-state index contributed by atoms with van der Waals surface area (Å²) >= 11 is 1.82. The minimum absolute atomic E-state index is 0.329. The number of rotatable bonds is 4. The lowest BCUT2D eigenvalue weighted by molar-refractivity contribution is 0.795. The van der Waals surface area contributed by atoms with Crippen molar-refractivity contribution in [2.24, 2.45) is 0 Å². The van der Waals surface area contributed by atoms with E-state index in [1.807, 2.05) is 29.8 Å². The molecule has 0 atom stereocenters. The number of thiophene rings is 1. The molecule has 0 spiro atoms. The van der Waals surface area contributed by atoms with Gasteiger partial charge in [0.25, 0.3) is 0 Å². The van der Waals surface area contributed by atoms with Gasteiger partial charge in [-0.1, -0.05) is 52.0 Å². The smallest absolute Gasteiger partial charge is 0.109 e. The van der Waals surface area contributed by atoms with Crippen molar-refractivity contribution in [3.63, 3.8) is 0 Å². The van der Waals surface area contributed by atoms with Crippen LogP contribution < -0.4 is 0 Å². The Morgan fingerprint density at radius 2 is 1.57 bits per heavy atom. The summed E-state index contributed by atoms with van der Waals surface area (Å²) < 4.78 is 1.27. The van der Waals surface area contributed by atoms with Crippen LogP contribution >= 0.6 is 11.3 Å². The van der Waals surface area contributed by atoms with Crippen LogP contribution in [0, 0.1) is 0 Å². The second-order valence-electron chi connectivity index (χ2n) is 10.4. The molecule has 2 N–H and O–H groups in total. The molecule has 7 aromatic rings. The largest absolute Gasteiger partial charge is 0.342 e. The van der Waals surface area contributed by atoms with E-state index in [2.05, 4.69) is 91.2 Å². The standard InChI is InChI=1S/C31H27N5S/c1-16(2)30-33-15-24(34-30)18-7-8-20-14-26(37-25(20)13-18)19-9-10-21-23(12-19)27-22(6-5-11-32-27)29-28(21)35-31(36-29)17(3)4/h5-17H,1-4H3,(H,33,34)(H,35,36). The van der Waals surface area contributed by atoms with E-state index in [4.69, 9.17) is 9.97 Å². The molecule has 0 radical (unpaired) electrons. The molecule has 3 aromatic carbocycles. The molecule has 0 aliphatic rings. The van der Waals surface area contributed by atoms with Crippen molar-refractivity contribution in [3.05, 3.63) is 78.6 Å². The van der Waals surface area contributed by atoms with E-state index in [1.54, 1.807) is 0 Å². The maximum atomic E-state index is 4.94. The predicted molar refractivity (Wildman–Crippen MR) is 155 cm³/mol. The lowest BCUT2D eigenvalue weighted by Gasteiger charge is -2.07. The van der Waals surface area contributed by atoms with E-state index in [0.717, 1.165) is 55.6 Å². The van der Waals surface area contributed by atoms with Crippen molar-refractivity contribution in [1.82, 2.24) is 24.9 Å². The summed E-state index contributed by atoms with van der Waals surface area (Å²) in [6.45, 7) is 8.64. The van der Waals surface area contributed by atoms with E-state index < -0.39 is 0 Å². The van der Waals surface area contributed by atoms with Gasteiger partial charge in [-0.15, -0.1) is 11.3 Å². The van der Waals surface area contributed by atoms with Crippen LogP contribution in [0.4, 0.5) is 0 Å². The SMILES string of the molecule is CC(C)c1ncc(-c2ccc3cc(-c4ccc5c(c4)c4ncccc4c4nc(C(C)C)[nH]c54)sc3c2)[nH]1. The average molecular weight is 502 g/mol. The molecule has 0 fully saturated rings. The van der Waals surface area contributed by atoms with Crippen LogP contribution in [0.2, 0.25) is 0 Å². The lowest BCUT2D eigenvalue weighted by Crippen LogP contribution is -1.89. The number of hydrogen-bond donors (Lipinski definition) is 2. The molecule has 5 nitrogen and oxygen atoms in total. The quantitative estimate of drug-likeness (QED) is 0.237. The second-order valence-corrected chi connectivity index (χ2v) is 11.4. The fraction of sp³-hybridized carbons (Fsp3) is 0.194. The Kier molecular flexibility index (Phi) is 4.95. The van der Waals surface area contributed by atoms with E-state index in [1.165, 1.54) is 20.5 Å². The Hall–Kier alpha value is -4.03. The van der Waals surface area contributed by atoms with Gasteiger partial charge < -0.3 is 9.97 Å². The molecule has 4 aromatic heterocycles.